The lowest BCUT2D eigenvalue weighted by Gasteiger charge is -2.09. The van der Waals surface area contributed by atoms with E-state index < -0.39 is 11.8 Å². The van der Waals surface area contributed by atoms with E-state index in [1.807, 2.05) is 12.1 Å². The molecule has 8 nitrogen and oxygen atoms in total. The van der Waals surface area contributed by atoms with Crippen LogP contribution in [0, 0.1) is 5.82 Å². The number of hydroxylamine groups is 1. The van der Waals surface area contributed by atoms with Crippen LogP contribution in [-0.4, -0.2) is 30.2 Å². The quantitative estimate of drug-likeness (QED) is 0.196. The molecule has 0 aliphatic heterocycles. The number of nitrogens with one attached hydrogen (secondary N) is 2. The maximum absolute atomic E-state index is 13.1. The van der Waals surface area contributed by atoms with Gasteiger partial charge in [0.05, 0.1) is 6.54 Å². The van der Waals surface area contributed by atoms with Crippen molar-refractivity contribution < 1.29 is 33.1 Å². The topological polar surface area (TPSA) is 110 Å². The van der Waals surface area contributed by atoms with E-state index >= 15 is 0 Å². The molecule has 34 heavy (non-hydrogen) atoms. The van der Waals surface area contributed by atoms with Crippen LogP contribution in [0.25, 0.3) is 11.0 Å². The molecule has 174 valence electrons. The van der Waals surface area contributed by atoms with Crippen LogP contribution >= 0.6 is 0 Å². The average molecular weight is 464 g/mol. The number of benzene rings is 3. The first-order valence-corrected chi connectivity index (χ1v) is 10.4. The van der Waals surface area contributed by atoms with E-state index in [1.165, 1.54) is 36.4 Å². The smallest absolute Gasteiger partial charge is 0.287 e. The third kappa shape index (κ3) is 5.33. The molecule has 0 aliphatic carbocycles. The molecule has 0 atom stereocenters. The number of furan rings is 1. The van der Waals surface area contributed by atoms with Crippen molar-refractivity contribution in [3.63, 3.8) is 0 Å². The molecule has 3 aromatic carbocycles. The number of fused-ring (bicyclic) bond motifs is 1. The fourth-order valence-electron chi connectivity index (χ4n) is 3.29. The van der Waals surface area contributed by atoms with Gasteiger partial charge in [-0.2, -0.15) is 0 Å². The second-order valence-electron chi connectivity index (χ2n) is 7.22. The number of halogens is 1. The van der Waals surface area contributed by atoms with Gasteiger partial charge < -0.3 is 19.2 Å². The van der Waals surface area contributed by atoms with Gasteiger partial charge in [-0.3, -0.25) is 14.8 Å². The van der Waals surface area contributed by atoms with Gasteiger partial charge in [-0.15, -0.1) is 0 Å². The Morgan fingerprint density at radius 1 is 0.882 bits per heavy atom. The van der Waals surface area contributed by atoms with Crippen molar-refractivity contribution in [2.75, 3.05) is 13.2 Å². The van der Waals surface area contributed by atoms with E-state index in [2.05, 4.69) is 5.32 Å². The molecular formula is C25H21FN2O6. The summed E-state index contributed by atoms with van der Waals surface area (Å²) in [4.78, 5) is 24.2. The average Bonchev–Trinajstić information content (AvgIpc) is 3.25. The van der Waals surface area contributed by atoms with Crippen LogP contribution in [0.4, 0.5) is 4.39 Å². The Kier molecular flexibility index (Phi) is 7.04. The number of amides is 2. The zero-order valence-electron chi connectivity index (χ0n) is 17.9. The molecule has 0 bridgehead atoms. The third-order valence-electron chi connectivity index (χ3n) is 4.98. The Hall–Kier alpha value is -4.37. The zero-order chi connectivity index (χ0) is 23.9. The molecular weight excluding hydrogens is 443 g/mol. The molecule has 0 aliphatic rings. The summed E-state index contributed by atoms with van der Waals surface area (Å²) in [6.45, 7) is 0.446. The molecule has 4 rings (SSSR count). The van der Waals surface area contributed by atoms with Crippen molar-refractivity contribution >= 4 is 22.8 Å². The minimum atomic E-state index is -0.621. The van der Waals surface area contributed by atoms with Gasteiger partial charge in [0.25, 0.3) is 11.8 Å². The highest BCUT2D eigenvalue weighted by Crippen LogP contribution is 2.27. The third-order valence-corrected chi connectivity index (χ3v) is 4.98. The van der Waals surface area contributed by atoms with Crippen LogP contribution in [0.5, 0.6) is 11.5 Å². The molecule has 0 spiro atoms. The molecule has 0 saturated carbocycles. The van der Waals surface area contributed by atoms with Crippen LogP contribution in [-0.2, 0) is 6.61 Å². The van der Waals surface area contributed by atoms with Gasteiger partial charge in [0, 0.05) is 16.5 Å². The van der Waals surface area contributed by atoms with Crippen molar-refractivity contribution in [3.05, 3.63) is 95.5 Å². The summed E-state index contributed by atoms with van der Waals surface area (Å²) in [5.41, 5.74) is 2.97. The first-order chi connectivity index (χ1) is 16.5. The minimum Gasteiger partial charge on any atom is -0.492 e. The summed E-state index contributed by atoms with van der Waals surface area (Å²) in [5.74, 6) is -0.316. The molecule has 0 unspecified atom stereocenters. The lowest BCUT2D eigenvalue weighted by Crippen LogP contribution is -2.28. The number of rotatable bonds is 9. The lowest BCUT2D eigenvalue weighted by atomic mass is 10.1. The van der Waals surface area contributed by atoms with Gasteiger partial charge >= 0.3 is 0 Å². The molecule has 1 heterocycles. The fraction of sp³-hybridized carbons (Fsp3) is 0.120. The Morgan fingerprint density at radius 3 is 2.29 bits per heavy atom. The number of hydrogen-bond donors (Lipinski definition) is 3. The van der Waals surface area contributed by atoms with Gasteiger partial charge in [-0.05, 0) is 54.6 Å². The van der Waals surface area contributed by atoms with Crippen molar-refractivity contribution in [1.82, 2.24) is 10.8 Å². The van der Waals surface area contributed by atoms with Crippen molar-refractivity contribution in [1.29, 1.82) is 0 Å². The van der Waals surface area contributed by atoms with E-state index in [9.17, 15) is 14.0 Å². The number of para-hydroxylation sites is 1. The Balaban J connectivity index is 1.38. The van der Waals surface area contributed by atoms with Crippen LogP contribution in [0.2, 0.25) is 0 Å². The van der Waals surface area contributed by atoms with Gasteiger partial charge in [0.1, 0.15) is 36.1 Å². The Bertz CT molecular complexity index is 1290. The number of hydrogen-bond acceptors (Lipinski definition) is 6. The molecule has 3 N–H and O–H groups in total. The van der Waals surface area contributed by atoms with Crippen LogP contribution in [0.15, 0.2) is 77.2 Å². The standard InChI is InChI=1S/C25H21FN2O6/c26-17-7-11-19(12-8-17)33-15-21-20-3-1-2-4-22(20)34-23(21)25(30)27-13-14-32-18-9-5-16(6-10-18)24(29)28-31/h1-12,31H,13-15H2,(H,27,30)(H,28,29). The highest BCUT2D eigenvalue weighted by Gasteiger charge is 2.21. The highest BCUT2D eigenvalue weighted by atomic mass is 19.1. The SMILES string of the molecule is O=C(NO)c1ccc(OCCNC(=O)c2oc3ccccc3c2COc2ccc(F)cc2)cc1. The summed E-state index contributed by atoms with van der Waals surface area (Å²) in [6, 6.07) is 19.0. The minimum absolute atomic E-state index is 0.0651. The number of carbonyl (C=O) groups is 2. The van der Waals surface area contributed by atoms with E-state index in [0.29, 0.717) is 22.6 Å². The first kappa shape index (κ1) is 22.8. The van der Waals surface area contributed by atoms with Gasteiger partial charge in [-0.1, -0.05) is 18.2 Å². The normalized spacial score (nSPS) is 10.6. The van der Waals surface area contributed by atoms with Gasteiger partial charge in [0.15, 0.2) is 5.76 Å². The van der Waals surface area contributed by atoms with Gasteiger partial charge in [0.2, 0.25) is 0 Å². The summed E-state index contributed by atoms with van der Waals surface area (Å²) < 4.78 is 30.2. The van der Waals surface area contributed by atoms with Gasteiger partial charge in [-0.25, -0.2) is 9.87 Å². The van der Waals surface area contributed by atoms with Crippen LogP contribution in [0.1, 0.15) is 26.5 Å². The van der Waals surface area contributed by atoms with Crippen LogP contribution in [0.3, 0.4) is 0 Å². The summed E-state index contributed by atoms with van der Waals surface area (Å²) in [5, 5.41) is 12.1. The predicted octanol–water partition coefficient (Wildman–Crippen LogP) is 4.08. The van der Waals surface area contributed by atoms with E-state index in [-0.39, 0.29) is 36.9 Å². The van der Waals surface area contributed by atoms with Crippen molar-refractivity contribution in [2.24, 2.45) is 0 Å². The second-order valence-corrected chi connectivity index (χ2v) is 7.22. The lowest BCUT2D eigenvalue weighted by molar-refractivity contribution is 0.0706. The highest BCUT2D eigenvalue weighted by molar-refractivity contribution is 5.99. The maximum atomic E-state index is 13.1. The summed E-state index contributed by atoms with van der Waals surface area (Å²) in [6.07, 6.45) is 0. The fourth-order valence-corrected chi connectivity index (χ4v) is 3.29. The maximum Gasteiger partial charge on any atom is 0.287 e. The Morgan fingerprint density at radius 2 is 1.56 bits per heavy atom. The van der Waals surface area contributed by atoms with Crippen molar-refractivity contribution in [2.45, 2.75) is 6.61 Å². The molecule has 1 aromatic heterocycles. The largest absolute Gasteiger partial charge is 0.492 e. The number of ether oxygens (including phenoxy) is 2. The van der Waals surface area contributed by atoms with E-state index in [1.54, 1.807) is 29.7 Å². The van der Waals surface area contributed by atoms with E-state index in [4.69, 9.17) is 19.1 Å². The Labute approximate surface area is 193 Å². The monoisotopic (exact) mass is 464 g/mol. The molecule has 9 heteroatoms. The molecule has 2 amide bonds. The zero-order valence-corrected chi connectivity index (χ0v) is 17.9. The number of carbonyl (C=O) groups excluding carboxylic acids is 2. The summed E-state index contributed by atoms with van der Waals surface area (Å²) in [7, 11) is 0. The molecule has 0 radical (unpaired) electrons. The van der Waals surface area contributed by atoms with E-state index in [0.717, 1.165) is 5.39 Å². The second kappa shape index (κ2) is 10.5. The molecule has 0 saturated heterocycles. The summed E-state index contributed by atoms with van der Waals surface area (Å²) >= 11 is 0. The predicted molar refractivity (Wildman–Crippen MR) is 120 cm³/mol. The first-order valence-electron chi connectivity index (χ1n) is 10.4. The molecule has 0 fully saturated rings. The van der Waals surface area contributed by atoms with Crippen LogP contribution < -0.4 is 20.3 Å². The molecule has 4 aromatic rings. The van der Waals surface area contributed by atoms with Crippen molar-refractivity contribution in [3.8, 4) is 11.5 Å².